The van der Waals surface area contributed by atoms with Gasteiger partial charge in [0.25, 0.3) is 0 Å². The Morgan fingerprint density at radius 1 is 0.963 bits per heavy atom. The van der Waals surface area contributed by atoms with Crippen molar-refractivity contribution in [3.8, 4) is 0 Å². The van der Waals surface area contributed by atoms with Gasteiger partial charge in [0.15, 0.2) is 15.6 Å². The molecule has 1 aliphatic rings. The van der Waals surface area contributed by atoms with Crippen LogP contribution in [-0.2, 0) is 22.0 Å². The molecule has 0 heterocycles. The minimum Gasteiger partial charge on any atom is -0.294 e. The number of Topliss-reactive ketones (excluding diaryl/α,β-unsaturated/α-hetero) is 1. The van der Waals surface area contributed by atoms with Crippen LogP contribution in [0.25, 0.3) is 0 Å². The average molecular weight is 385 g/mol. The van der Waals surface area contributed by atoms with Crippen molar-refractivity contribution in [3.05, 3.63) is 70.3 Å². The Morgan fingerprint density at radius 2 is 1.56 bits per heavy atom. The van der Waals surface area contributed by atoms with E-state index in [-0.39, 0.29) is 11.5 Å². The first-order chi connectivity index (χ1) is 12.7. The summed E-state index contributed by atoms with van der Waals surface area (Å²) in [6, 6.07) is 13.4. The SMILES string of the molecule is CC1CC(C)c2cc(CC(=O)c3ccc(CS(=O)(=O)C(C)C)cc3)ccc21. The number of carbonyl (C=O) groups excluding carboxylic acids is 1. The van der Waals surface area contributed by atoms with E-state index in [4.69, 9.17) is 0 Å². The van der Waals surface area contributed by atoms with Crippen molar-refractivity contribution >= 4 is 15.6 Å². The number of benzene rings is 2. The standard InChI is InChI=1S/C23H28O3S/c1-15(2)27(25,26)14-18-5-8-20(9-6-18)23(24)13-19-7-10-21-16(3)11-17(4)22(21)12-19/h5-10,12,15-17H,11,13-14H2,1-4H3. The molecule has 2 atom stereocenters. The molecule has 0 radical (unpaired) electrons. The maximum Gasteiger partial charge on any atom is 0.167 e. The number of ketones is 1. The zero-order chi connectivity index (χ0) is 19.8. The molecular weight excluding hydrogens is 356 g/mol. The number of sulfone groups is 1. The van der Waals surface area contributed by atoms with Gasteiger partial charge in [-0.15, -0.1) is 0 Å². The molecule has 0 bridgehead atoms. The first-order valence-corrected chi connectivity index (χ1v) is 11.4. The molecule has 1 aliphatic carbocycles. The minimum absolute atomic E-state index is 0.0139. The van der Waals surface area contributed by atoms with Gasteiger partial charge >= 0.3 is 0 Å². The molecule has 0 saturated heterocycles. The van der Waals surface area contributed by atoms with Crippen molar-refractivity contribution in [1.82, 2.24) is 0 Å². The molecule has 0 amide bonds. The Morgan fingerprint density at radius 3 is 2.19 bits per heavy atom. The number of carbonyl (C=O) groups is 1. The van der Waals surface area contributed by atoms with Crippen molar-refractivity contribution in [2.24, 2.45) is 0 Å². The van der Waals surface area contributed by atoms with Crippen LogP contribution in [0.1, 0.15) is 78.6 Å². The summed E-state index contributed by atoms with van der Waals surface area (Å²) in [4.78, 5) is 12.6. The van der Waals surface area contributed by atoms with E-state index in [0.29, 0.717) is 23.8 Å². The van der Waals surface area contributed by atoms with Crippen molar-refractivity contribution in [2.45, 2.75) is 63.4 Å². The topological polar surface area (TPSA) is 51.2 Å². The van der Waals surface area contributed by atoms with Gasteiger partial charge in [-0.05, 0) is 54.4 Å². The zero-order valence-corrected chi connectivity index (χ0v) is 17.3. The third-order valence-corrected chi connectivity index (χ3v) is 7.82. The monoisotopic (exact) mass is 384 g/mol. The normalized spacial score (nSPS) is 19.3. The van der Waals surface area contributed by atoms with Crippen molar-refractivity contribution in [2.75, 3.05) is 0 Å². The summed E-state index contributed by atoms with van der Waals surface area (Å²) < 4.78 is 24.1. The highest BCUT2D eigenvalue weighted by molar-refractivity contribution is 7.91. The second-order valence-corrected chi connectivity index (χ2v) is 10.7. The van der Waals surface area contributed by atoms with Crippen molar-refractivity contribution in [1.29, 1.82) is 0 Å². The van der Waals surface area contributed by atoms with E-state index in [1.165, 1.54) is 17.5 Å². The summed E-state index contributed by atoms with van der Waals surface area (Å²) in [6.07, 6.45) is 1.55. The van der Waals surface area contributed by atoms with E-state index >= 15 is 0 Å². The van der Waals surface area contributed by atoms with Crippen molar-refractivity contribution in [3.63, 3.8) is 0 Å². The van der Waals surface area contributed by atoms with Crippen molar-refractivity contribution < 1.29 is 13.2 Å². The van der Waals surface area contributed by atoms with Crippen LogP contribution in [0, 0.1) is 0 Å². The molecule has 0 fully saturated rings. The van der Waals surface area contributed by atoms with Crippen LogP contribution in [0.15, 0.2) is 42.5 Å². The summed E-state index contributed by atoms with van der Waals surface area (Å²) in [7, 11) is -3.13. The van der Waals surface area contributed by atoms with E-state index in [2.05, 4.69) is 32.0 Å². The second-order valence-electron chi connectivity index (χ2n) is 8.15. The molecule has 0 saturated carbocycles. The Balaban J connectivity index is 1.71. The van der Waals surface area contributed by atoms with E-state index < -0.39 is 15.1 Å². The van der Waals surface area contributed by atoms with Crippen LogP contribution >= 0.6 is 0 Å². The lowest BCUT2D eigenvalue weighted by Gasteiger charge is -2.10. The number of rotatable bonds is 6. The fraction of sp³-hybridized carbons (Fsp3) is 0.435. The molecule has 2 aromatic carbocycles. The van der Waals surface area contributed by atoms with Gasteiger partial charge in [0.1, 0.15) is 0 Å². The van der Waals surface area contributed by atoms with Gasteiger partial charge in [-0.25, -0.2) is 8.42 Å². The lowest BCUT2D eigenvalue weighted by atomic mass is 9.96. The average Bonchev–Trinajstić information content (AvgIpc) is 2.89. The lowest BCUT2D eigenvalue weighted by molar-refractivity contribution is 0.0993. The highest BCUT2D eigenvalue weighted by Crippen LogP contribution is 2.41. The van der Waals surface area contributed by atoms with Crippen LogP contribution in [0.4, 0.5) is 0 Å². The minimum atomic E-state index is -3.13. The Kier molecular flexibility index (Phi) is 5.57. The molecule has 3 rings (SSSR count). The maximum atomic E-state index is 12.6. The summed E-state index contributed by atoms with van der Waals surface area (Å²) in [5.74, 6) is 1.22. The van der Waals surface area contributed by atoms with Crippen LogP contribution < -0.4 is 0 Å². The fourth-order valence-corrected chi connectivity index (χ4v) is 4.86. The molecular formula is C23H28O3S. The van der Waals surface area contributed by atoms with Gasteiger partial charge in [-0.1, -0.05) is 56.3 Å². The first kappa shape index (κ1) is 19.8. The van der Waals surface area contributed by atoms with E-state index in [9.17, 15) is 13.2 Å². The molecule has 0 aliphatic heterocycles. The highest BCUT2D eigenvalue weighted by Gasteiger charge is 2.25. The zero-order valence-electron chi connectivity index (χ0n) is 16.5. The summed E-state index contributed by atoms with van der Waals surface area (Å²) in [5, 5.41) is -0.399. The smallest absolute Gasteiger partial charge is 0.167 e. The maximum absolute atomic E-state index is 12.6. The Hall–Kier alpha value is -1.94. The first-order valence-electron chi connectivity index (χ1n) is 9.64. The second kappa shape index (κ2) is 7.59. The molecule has 0 aromatic heterocycles. The number of hydrogen-bond acceptors (Lipinski definition) is 3. The van der Waals surface area contributed by atoms with E-state index in [1.807, 2.05) is 0 Å². The van der Waals surface area contributed by atoms with Crippen LogP contribution in [-0.4, -0.2) is 19.5 Å². The van der Waals surface area contributed by atoms with Gasteiger partial charge in [0, 0.05) is 12.0 Å². The van der Waals surface area contributed by atoms with Crippen LogP contribution in [0.5, 0.6) is 0 Å². The Labute approximate surface area is 162 Å². The van der Waals surface area contributed by atoms with Gasteiger partial charge in [0.2, 0.25) is 0 Å². The summed E-state index contributed by atoms with van der Waals surface area (Å²) in [5.41, 5.74) is 5.19. The van der Waals surface area contributed by atoms with E-state index in [0.717, 1.165) is 11.1 Å². The Bertz CT molecular complexity index is 940. The lowest BCUT2D eigenvalue weighted by Crippen LogP contribution is -2.16. The van der Waals surface area contributed by atoms with E-state index in [1.54, 1.807) is 38.1 Å². The quantitative estimate of drug-likeness (QED) is 0.655. The molecule has 27 heavy (non-hydrogen) atoms. The molecule has 2 unspecified atom stereocenters. The third-order valence-electron chi connectivity index (χ3n) is 5.65. The number of fused-ring (bicyclic) bond motifs is 1. The highest BCUT2D eigenvalue weighted by atomic mass is 32.2. The van der Waals surface area contributed by atoms with Gasteiger partial charge < -0.3 is 0 Å². The molecule has 4 heteroatoms. The van der Waals surface area contributed by atoms with Gasteiger partial charge in [-0.2, -0.15) is 0 Å². The molecule has 144 valence electrons. The molecule has 3 nitrogen and oxygen atoms in total. The van der Waals surface area contributed by atoms with Gasteiger partial charge in [-0.3, -0.25) is 4.79 Å². The van der Waals surface area contributed by atoms with Crippen LogP contribution in [0.2, 0.25) is 0 Å². The van der Waals surface area contributed by atoms with Gasteiger partial charge in [0.05, 0.1) is 11.0 Å². The fourth-order valence-electron chi connectivity index (χ4n) is 3.87. The molecule has 0 N–H and O–H groups in total. The predicted molar refractivity (Wildman–Crippen MR) is 110 cm³/mol. The third kappa shape index (κ3) is 4.32. The largest absolute Gasteiger partial charge is 0.294 e. The summed E-state index contributed by atoms with van der Waals surface area (Å²) in [6.45, 7) is 7.88. The number of hydrogen-bond donors (Lipinski definition) is 0. The molecule has 2 aromatic rings. The summed E-state index contributed by atoms with van der Waals surface area (Å²) >= 11 is 0. The van der Waals surface area contributed by atoms with Crippen LogP contribution in [0.3, 0.4) is 0 Å². The predicted octanol–water partition coefficient (Wildman–Crippen LogP) is 5.05. The molecule has 0 spiro atoms.